The van der Waals surface area contributed by atoms with Gasteiger partial charge < -0.3 is 5.73 Å². The van der Waals surface area contributed by atoms with Crippen molar-refractivity contribution in [3.8, 4) is 0 Å². The van der Waals surface area contributed by atoms with Gasteiger partial charge in [0.15, 0.2) is 0 Å². The van der Waals surface area contributed by atoms with Gasteiger partial charge in [0.1, 0.15) is 0 Å². The summed E-state index contributed by atoms with van der Waals surface area (Å²) in [5, 5.41) is 0.508. The van der Waals surface area contributed by atoms with Crippen molar-refractivity contribution in [1.82, 2.24) is 0 Å². The Hall–Kier alpha value is -0.540. The summed E-state index contributed by atoms with van der Waals surface area (Å²) in [7, 11) is -1.07. The monoisotopic (exact) mass is 259 g/mol. The molecule has 16 heavy (non-hydrogen) atoms. The van der Waals surface area contributed by atoms with Gasteiger partial charge in [0, 0.05) is 11.4 Å². The zero-order chi connectivity index (χ0) is 12.0. The van der Waals surface area contributed by atoms with Crippen molar-refractivity contribution in [2.45, 2.75) is 37.5 Å². The number of nitrogen functional groups attached to an aromatic ring is 1. The van der Waals surface area contributed by atoms with E-state index in [0.717, 1.165) is 12.8 Å². The van der Waals surface area contributed by atoms with Gasteiger partial charge in [-0.3, -0.25) is 4.21 Å². The maximum absolute atomic E-state index is 12.0. The summed E-state index contributed by atoms with van der Waals surface area (Å²) in [5.74, 6) is 0.647. The molecule has 0 aliphatic rings. The highest BCUT2D eigenvalue weighted by molar-refractivity contribution is 7.85. The topological polar surface area (TPSA) is 43.1 Å². The third-order valence-corrected chi connectivity index (χ3v) is 4.41. The summed E-state index contributed by atoms with van der Waals surface area (Å²) in [5.41, 5.74) is 6.30. The fourth-order valence-corrected chi connectivity index (χ4v) is 3.25. The van der Waals surface area contributed by atoms with Gasteiger partial charge in [-0.05, 0) is 18.6 Å². The van der Waals surface area contributed by atoms with Gasteiger partial charge in [-0.15, -0.1) is 0 Å². The zero-order valence-corrected chi connectivity index (χ0v) is 11.1. The number of halogens is 1. The lowest BCUT2D eigenvalue weighted by atomic mass is 10.2. The van der Waals surface area contributed by atoms with Crippen molar-refractivity contribution < 1.29 is 4.21 Å². The number of hydrogen-bond donors (Lipinski definition) is 1. The van der Waals surface area contributed by atoms with E-state index in [0.29, 0.717) is 21.4 Å². The highest BCUT2D eigenvalue weighted by Crippen LogP contribution is 2.26. The molecule has 0 aliphatic carbocycles. The van der Waals surface area contributed by atoms with Crippen LogP contribution in [0.25, 0.3) is 0 Å². The maximum atomic E-state index is 12.0. The Labute approximate surface area is 105 Å². The largest absolute Gasteiger partial charge is 0.398 e. The molecule has 0 bridgehead atoms. The van der Waals surface area contributed by atoms with Crippen LogP contribution in [0.4, 0.5) is 5.69 Å². The van der Waals surface area contributed by atoms with Crippen LogP contribution < -0.4 is 5.73 Å². The number of nitrogens with two attached hydrogens (primary N) is 1. The normalized spacial score (nSPS) is 12.6. The first-order valence-corrected chi connectivity index (χ1v) is 7.29. The Balaban J connectivity index is 2.59. The van der Waals surface area contributed by atoms with Gasteiger partial charge in [-0.2, -0.15) is 0 Å². The van der Waals surface area contributed by atoms with E-state index in [2.05, 4.69) is 6.92 Å². The van der Waals surface area contributed by atoms with Crippen LogP contribution in [0.2, 0.25) is 5.02 Å². The highest BCUT2D eigenvalue weighted by atomic mass is 35.5. The first-order chi connectivity index (χ1) is 7.66. The smallest absolute Gasteiger partial charge is 0.0803 e. The van der Waals surface area contributed by atoms with Gasteiger partial charge >= 0.3 is 0 Å². The van der Waals surface area contributed by atoms with E-state index in [1.54, 1.807) is 18.2 Å². The van der Waals surface area contributed by atoms with Crippen LogP contribution in [0, 0.1) is 0 Å². The predicted molar refractivity (Wildman–Crippen MR) is 71.3 cm³/mol. The van der Waals surface area contributed by atoms with E-state index in [9.17, 15) is 4.21 Å². The third kappa shape index (κ3) is 3.80. The van der Waals surface area contributed by atoms with Crippen LogP contribution in [0.1, 0.15) is 32.6 Å². The molecule has 0 saturated heterocycles. The lowest BCUT2D eigenvalue weighted by molar-refractivity contribution is 0.668. The van der Waals surface area contributed by atoms with Crippen LogP contribution in [0.15, 0.2) is 23.1 Å². The molecule has 1 rings (SSSR count). The van der Waals surface area contributed by atoms with E-state index in [1.807, 2.05) is 0 Å². The van der Waals surface area contributed by atoms with Crippen molar-refractivity contribution in [2.75, 3.05) is 11.5 Å². The average molecular weight is 260 g/mol. The third-order valence-electron chi connectivity index (χ3n) is 2.41. The Morgan fingerprint density at radius 2 is 2.06 bits per heavy atom. The van der Waals surface area contributed by atoms with Crippen LogP contribution in [-0.2, 0) is 10.8 Å². The van der Waals surface area contributed by atoms with Crippen LogP contribution in [0.5, 0.6) is 0 Å². The molecular formula is C12H18ClNOS. The minimum atomic E-state index is -1.07. The standard InChI is InChI=1S/C12H18ClNOS/c1-2-3-4-5-9-16(15)12-10(13)7-6-8-11(12)14/h6-8H,2-5,9,14H2,1H3. The SMILES string of the molecule is CCCCCCS(=O)c1c(N)cccc1Cl. The Bertz CT molecular complexity index is 348. The molecule has 2 N–H and O–H groups in total. The molecule has 1 unspecified atom stereocenters. The summed E-state index contributed by atoms with van der Waals surface area (Å²) in [6, 6.07) is 5.25. The maximum Gasteiger partial charge on any atom is 0.0803 e. The minimum absolute atomic E-state index is 0.508. The summed E-state index contributed by atoms with van der Waals surface area (Å²) in [4.78, 5) is 0.598. The van der Waals surface area contributed by atoms with E-state index < -0.39 is 10.8 Å². The van der Waals surface area contributed by atoms with Crippen molar-refractivity contribution in [3.05, 3.63) is 23.2 Å². The van der Waals surface area contributed by atoms with Gasteiger partial charge in [0.2, 0.25) is 0 Å². The minimum Gasteiger partial charge on any atom is -0.398 e. The van der Waals surface area contributed by atoms with E-state index in [1.165, 1.54) is 12.8 Å². The Morgan fingerprint density at radius 1 is 1.31 bits per heavy atom. The Morgan fingerprint density at radius 3 is 2.69 bits per heavy atom. The van der Waals surface area contributed by atoms with Gasteiger partial charge in [-0.25, -0.2) is 0 Å². The fraction of sp³-hybridized carbons (Fsp3) is 0.500. The van der Waals surface area contributed by atoms with Crippen molar-refractivity contribution in [3.63, 3.8) is 0 Å². The molecule has 0 fully saturated rings. The second kappa shape index (κ2) is 6.92. The predicted octanol–water partition coefficient (Wildman–Crippen LogP) is 3.61. The molecule has 0 spiro atoms. The highest BCUT2D eigenvalue weighted by Gasteiger charge is 2.11. The van der Waals surface area contributed by atoms with E-state index in [4.69, 9.17) is 17.3 Å². The lowest BCUT2D eigenvalue weighted by Crippen LogP contribution is -2.03. The first-order valence-electron chi connectivity index (χ1n) is 5.59. The lowest BCUT2D eigenvalue weighted by Gasteiger charge is -2.07. The number of unbranched alkanes of at least 4 members (excludes halogenated alkanes) is 3. The van der Waals surface area contributed by atoms with E-state index >= 15 is 0 Å². The number of rotatable bonds is 6. The van der Waals surface area contributed by atoms with Crippen molar-refractivity contribution in [1.29, 1.82) is 0 Å². The Kier molecular flexibility index (Phi) is 5.85. The second-order valence-corrected chi connectivity index (χ2v) is 5.68. The van der Waals surface area contributed by atoms with Crippen molar-refractivity contribution in [2.24, 2.45) is 0 Å². The van der Waals surface area contributed by atoms with Gasteiger partial charge in [0.25, 0.3) is 0 Å². The second-order valence-electron chi connectivity index (χ2n) is 3.77. The van der Waals surface area contributed by atoms with Crippen LogP contribution in [0.3, 0.4) is 0 Å². The quantitative estimate of drug-likeness (QED) is 0.626. The molecular weight excluding hydrogens is 242 g/mol. The summed E-state index contributed by atoms with van der Waals surface area (Å²) in [6.45, 7) is 2.16. The number of hydrogen-bond acceptors (Lipinski definition) is 2. The molecule has 1 atom stereocenters. The van der Waals surface area contributed by atoms with Crippen molar-refractivity contribution >= 4 is 28.1 Å². The summed E-state index contributed by atoms with van der Waals surface area (Å²) < 4.78 is 12.0. The molecule has 0 amide bonds. The summed E-state index contributed by atoms with van der Waals surface area (Å²) in [6.07, 6.45) is 4.45. The number of benzene rings is 1. The van der Waals surface area contributed by atoms with Crippen LogP contribution in [-0.4, -0.2) is 9.96 Å². The molecule has 0 aromatic heterocycles. The molecule has 1 aromatic carbocycles. The molecule has 0 aliphatic heterocycles. The number of anilines is 1. The summed E-state index contributed by atoms with van der Waals surface area (Å²) >= 11 is 5.99. The molecule has 2 nitrogen and oxygen atoms in total. The molecule has 0 saturated carbocycles. The zero-order valence-electron chi connectivity index (χ0n) is 9.54. The molecule has 90 valence electrons. The van der Waals surface area contributed by atoms with Crippen LogP contribution >= 0.6 is 11.6 Å². The molecule has 0 heterocycles. The molecule has 4 heteroatoms. The fourth-order valence-electron chi connectivity index (χ4n) is 1.53. The average Bonchev–Trinajstić information content (AvgIpc) is 2.24. The molecule has 1 aromatic rings. The van der Waals surface area contributed by atoms with Gasteiger partial charge in [0.05, 0.1) is 20.7 Å². The molecule has 0 radical (unpaired) electrons. The first kappa shape index (κ1) is 13.5. The van der Waals surface area contributed by atoms with E-state index in [-0.39, 0.29) is 0 Å². The van der Waals surface area contributed by atoms with Gasteiger partial charge in [-0.1, -0.05) is 43.9 Å².